The fraction of sp³-hybridized carbons (Fsp3) is 0.182. The van der Waals surface area contributed by atoms with Crippen LogP contribution in [0, 0.1) is 0 Å². The molecule has 3 rings (SSSR count). The SMILES string of the molecule is COC(=O)COc1c(/C=C2/SC(=O)N(CC(=O)Nc3ccc(Cl)cc3)C2=O)cccc1OC. The number of amides is 3. The first kappa shape index (κ1) is 24.1. The number of nitrogens with one attached hydrogen (secondary N) is 1. The summed E-state index contributed by atoms with van der Waals surface area (Å²) in [5, 5.41) is 2.53. The van der Waals surface area contributed by atoms with E-state index in [0.717, 1.165) is 4.90 Å². The largest absolute Gasteiger partial charge is 0.493 e. The number of esters is 1. The van der Waals surface area contributed by atoms with Gasteiger partial charge in [0.25, 0.3) is 11.1 Å². The van der Waals surface area contributed by atoms with Crippen LogP contribution in [0.2, 0.25) is 5.02 Å². The zero-order valence-electron chi connectivity index (χ0n) is 17.6. The Morgan fingerprint density at radius 1 is 1.12 bits per heavy atom. The van der Waals surface area contributed by atoms with Crippen molar-refractivity contribution in [3.63, 3.8) is 0 Å². The van der Waals surface area contributed by atoms with Crippen LogP contribution < -0.4 is 14.8 Å². The number of methoxy groups -OCH3 is 2. The lowest BCUT2D eigenvalue weighted by Crippen LogP contribution is -2.36. The molecule has 1 heterocycles. The lowest BCUT2D eigenvalue weighted by atomic mass is 10.1. The minimum atomic E-state index is -0.627. The number of thioether (sulfide) groups is 1. The number of para-hydroxylation sites is 1. The zero-order valence-corrected chi connectivity index (χ0v) is 19.2. The molecule has 0 aliphatic carbocycles. The maximum absolute atomic E-state index is 12.8. The van der Waals surface area contributed by atoms with Crippen LogP contribution in [0.1, 0.15) is 5.56 Å². The molecule has 0 atom stereocenters. The Morgan fingerprint density at radius 3 is 2.52 bits per heavy atom. The van der Waals surface area contributed by atoms with Crippen LogP contribution in [0.15, 0.2) is 47.4 Å². The third-order valence-electron chi connectivity index (χ3n) is 4.38. The van der Waals surface area contributed by atoms with E-state index >= 15 is 0 Å². The predicted octanol–water partition coefficient (Wildman–Crippen LogP) is 3.58. The summed E-state index contributed by atoms with van der Waals surface area (Å²) in [6.45, 7) is -0.821. The van der Waals surface area contributed by atoms with Gasteiger partial charge in [-0.3, -0.25) is 19.3 Å². The Morgan fingerprint density at radius 2 is 1.85 bits per heavy atom. The number of rotatable bonds is 8. The van der Waals surface area contributed by atoms with Crippen LogP contribution in [-0.2, 0) is 19.1 Å². The summed E-state index contributed by atoms with van der Waals surface area (Å²) in [6.07, 6.45) is 1.44. The van der Waals surface area contributed by atoms with Crippen LogP contribution in [0.3, 0.4) is 0 Å². The van der Waals surface area contributed by atoms with Gasteiger partial charge < -0.3 is 19.5 Å². The van der Waals surface area contributed by atoms with Crippen molar-refractivity contribution in [2.45, 2.75) is 0 Å². The third-order valence-corrected chi connectivity index (χ3v) is 5.54. The van der Waals surface area contributed by atoms with Crippen LogP contribution in [0.25, 0.3) is 6.08 Å². The molecule has 1 aliphatic heterocycles. The number of benzene rings is 2. The summed E-state index contributed by atoms with van der Waals surface area (Å²) in [4.78, 5) is 49.9. The van der Waals surface area contributed by atoms with Crippen molar-refractivity contribution in [1.29, 1.82) is 0 Å². The minimum Gasteiger partial charge on any atom is -0.493 e. The highest BCUT2D eigenvalue weighted by molar-refractivity contribution is 8.18. The fourth-order valence-electron chi connectivity index (χ4n) is 2.81. The Hall–Kier alpha value is -3.50. The monoisotopic (exact) mass is 490 g/mol. The van der Waals surface area contributed by atoms with Crippen molar-refractivity contribution >= 4 is 58.1 Å². The second-order valence-electron chi connectivity index (χ2n) is 6.57. The smallest absolute Gasteiger partial charge is 0.343 e. The van der Waals surface area contributed by atoms with E-state index in [0.29, 0.717) is 33.8 Å². The number of carbonyl (C=O) groups excluding carboxylic acids is 4. The average molecular weight is 491 g/mol. The first-order valence-electron chi connectivity index (χ1n) is 9.49. The minimum absolute atomic E-state index is 0.0930. The molecule has 1 fully saturated rings. The molecule has 33 heavy (non-hydrogen) atoms. The average Bonchev–Trinajstić information content (AvgIpc) is 3.06. The Kier molecular flexibility index (Phi) is 7.96. The maximum Gasteiger partial charge on any atom is 0.343 e. The van der Waals surface area contributed by atoms with E-state index in [1.165, 1.54) is 20.3 Å². The number of nitrogens with zero attached hydrogens (tertiary/aromatic N) is 1. The van der Waals surface area contributed by atoms with Gasteiger partial charge in [-0.1, -0.05) is 23.7 Å². The summed E-state index contributed by atoms with van der Waals surface area (Å²) in [7, 11) is 2.66. The van der Waals surface area contributed by atoms with Gasteiger partial charge in [-0.05, 0) is 48.2 Å². The molecule has 11 heteroatoms. The molecule has 2 aromatic carbocycles. The number of ether oxygens (including phenoxy) is 3. The molecule has 0 radical (unpaired) electrons. The molecule has 172 valence electrons. The maximum atomic E-state index is 12.8. The highest BCUT2D eigenvalue weighted by atomic mass is 35.5. The lowest BCUT2D eigenvalue weighted by Gasteiger charge is -2.13. The molecule has 0 spiro atoms. The van der Waals surface area contributed by atoms with E-state index in [-0.39, 0.29) is 17.3 Å². The van der Waals surface area contributed by atoms with Crippen LogP contribution in [0.4, 0.5) is 10.5 Å². The lowest BCUT2D eigenvalue weighted by molar-refractivity contribution is -0.143. The van der Waals surface area contributed by atoms with E-state index in [9.17, 15) is 19.2 Å². The summed E-state index contributed by atoms with van der Waals surface area (Å²) < 4.78 is 15.4. The van der Waals surface area contributed by atoms with Gasteiger partial charge in [0.1, 0.15) is 6.54 Å². The predicted molar refractivity (Wildman–Crippen MR) is 123 cm³/mol. The quantitative estimate of drug-likeness (QED) is 0.441. The second-order valence-corrected chi connectivity index (χ2v) is 8.00. The molecule has 0 unspecified atom stereocenters. The van der Waals surface area contributed by atoms with Gasteiger partial charge in [0.2, 0.25) is 5.91 Å². The molecule has 0 bridgehead atoms. The first-order chi connectivity index (χ1) is 15.8. The van der Waals surface area contributed by atoms with Gasteiger partial charge in [0.05, 0.1) is 19.1 Å². The van der Waals surface area contributed by atoms with Gasteiger partial charge in [-0.2, -0.15) is 0 Å². The van der Waals surface area contributed by atoms with Crippen LogP contribution >= 0.6 is 23.4 Å². The number of imide groups is 1. The number of carbonyl (C=O) groups is 4. The topological polar surface area (TPSA) is 111 Å². The van der Waals surface area contributed by atoms with Crippen molar-refractivity contribution in [1.82, 2.24) is 4.90 Å². The van der Waals surface area contributed by atoms with E-state index < -0.39 is 29.6 Å². The van der Waals surface area contributed by atoms with Crippen molar-refractivity contribution in [2.24, 2.45) is 0 Å². The highest BCUT2D eigenvalue weighted by Crippen LogP contribution is 2.37. The summed E-state index contributed by atoms with van der Waals surface area (Å²) in [5.41, 5.74) is 0.894. The van der Waals surface area contributed by atoms with Gasteiger partial charge in [-0.15, -0.1) is 0 Å². The third kappa shape index (κ3) is 6.05. The first-order valence-corrected chi connectivity index (χ1v) is 10.7. The van der Waals surface area contributed by atoms with Crippen molar-refractivity contribution in [3.8, 4) is 11.5 Å². The number of anilines is 1. The molecular weight excluding hydrogens is 472 g/mol. The molecular formula is C22H19ClN2O7S. The molecule has 3 amide bonds. The van der Waals surface area contributed by atoms with Gasteiger partial charge in [0.15, 0.2) is 18.1 Å². The van der Waals surface area contributed by atoms with Crippen LogP contribution in [-0.4, -0.2) is 55.3 Å². The number of hydrogen-bond donors (Lipinski definition) is 1. The summed E-state index contributed by atoms with van der Waals surface area (Å²) in [6, 6.07) is 11.3. The molecule has 1 N–H and O–H groups in total. The van der Waals surface area contributed by atoms with Crippen molar-refractivity contribution in [2.75, 3.05) is 32.7 Å². The van der Waals surface area contributed by atoms with E-state index in [4.69, 9.17) is 21.1 Å². The molecule has 0 saturated carbocycles. The van der Waals surface area contributed by atoms with Crippen LogP contribution in [0.5, 0.6) is 11.5 Å². The Bertz CT molecular complexity index is 1120. The van der Waals surface area contributed by atoms with Crippen molar-refractivity contribution in [3.05, 3.63) is 58.0 Å². The normalized spacial score (nSPS) is 14.4. The summed E-state index contributed by atoms with van der Waals surface area (Å²) in [5.74, 6) is -1.23. The highest BCUT2D eigenvalue weighted by Gasteiger charge is 2.36. The van der Waals surface area contributed by atoms with Crippen molar-refractivity contribution < 1.29 is 33.4 Å². The standard InChI is InChI=1S/C22H19ClN2O7S/c1-30-16-5-3-4-13(20(16)32-12-19(27)31-2)10-17-21(28)25(22(29)33-17)11-18(26)24-15-8-6-14(23)7-9-15/h3-10H,11-12H2,1-2H3,(H,24,26)/b17-10+. The zero-order chi connectivity index (χ0) is 24.0. The van der Waals surface area contributed by atoms with E-state index in [1.54, 1.807) is 42.5 Å². The Labute approximate surface area is 198 Å². The Balaban J connectivity index is 1.77. The molecule has 1 aliphatic rings. The fourth-order valence-corrected chi connectivity index (χ4v) is 3.76. The number of hydrogen-bond acceptors (Lipinski definition) is 8. The number of halogens is 1. The molecule has 9 nitrogen and oxygen atoms in total. The van der Waals surface area contributed by atoms with E-state index in [2.05, 4.69) is 10.1 Å². The van der Waals surface area contributed by atoms with Gasteiger partial charge >= 0.3 is 5.97 Å². The molecule has 0 aromatic heterocycles. The summed E-state index contributed by atoms with van der Waals surface area (Å²) >= 11 is 6.51. The van der Waals surface area contributed by atoms with Gasteiger partial charge in [0, 0.05) is 16.3 Å². The second kappa shape index (κ2) is 10.9. The molecule has 1 saturated heterocycles. The van der Waals surface area contributed by atoms with E-state index in [1.807, 2.05) is 0 Å². The molecule has 2 aromatic rings. The van der Waals surface area contributed by atoms with Gasteiger partial charge in [-0.25, -0.2) is 4.79 Å².